The smallest absolute Gasteiger partial charge is 0.234 e. The number of nitrogens with zero attached hydrogens (tertiary/aromatic N) is 1. The van der Waals surface area contributed by atoms with Crippen LogP contribution in [0.2, 0.25) is 0 Å². The fraction of sp³-hybridized carbons (Fsp3) is 0.750. The van der Waals surface area contributed by atoms with Crippen LogP contribution in [0.1, 0.15) is 79.6 Å². The van der Waals surface area contributed by atoms with E-state index in [4.69, 9.17) is 0 Å². The zero-order valence-electron chi connectivity index (χ0n) is 15.8. The van der Waals surface area contributed by atoms with Gasteiger partial charge < -0.3 is 0 Å². The first kappa shape index (κ1) is 20.0. The summed E-state index contributed by atoms with van der Waals surface area (Å²) in [5, 5.41) is 2.21. The van der Waals surface area contributed by atoms with Crippen molar-refractivity contribution < 1.29 is 4.79 Å². The molecule has 1 aliphatic carbocycles. The van der Waals surface area contributed by atoms with E-state index in [1.165, 1.54) is 18.4 Å². The number of amides is 1. The maximum Gasteiger partial charge on any atom is 0.234 e. The van der Waals surface area contributed by atoms with Gasteiger partial charge in [0.05, 0.1) is 5.54 Å². The quantitative estimate of drug-likeness (QED) is 0.429. The van der Waals surface area contributed by atoms with Crippen LogP contribution >= 0.6 is 0 Å². The molecule has 132 valence electrons. The van der Waals surface area contributed by atoms with Gasteiger partial charge in [-0.3, -0.25) is 10.2 Å². The van der Waals surface area contributed by atoms with E-state index in [0.717, 1.165) is 38.1 Å². The number of hydrogen-bond donors (Lipinski definition) is 1. The largest absolute Gasteiger partial charge is 0.288 e. The number of nitrogens with one attached hydrogen (secondary N) is 1. The summed E-state index contributed by atoms with van der Waals surface area (Å²) in [6, 6.07) is 0. The highest BCUT2D eigenvalue weighted by atomic mass is 16.2. The summed E-state index contributed by atoms with van der Waals surface area (Å²) in [6.07, 6.45) is 13.7. The molecule has 0 heterocycles. The maximum absolute atomic E-state index is 12.2. The molecule has 0 aromatic carbocycles. The summed E-state index contributed by atoms with van der Waals surface area (Å²) in [6.45, 7) is 11.9. The van der Waals surface area contributed by atoms with Gasteiger partial charge in [-0.25, -0.2) is 5.01 Å². The highest BCUT2D eigenvalue weighted by molar-refractivity contribution is 5.75. The Hall–Kier alpha value is -1.09. The van der Waals surface area contributed by atoms with Crippen molar-refractivity contribution in [2.24, 2.45) is 5.92 Å². The van der Waals surface area contributed by atoms with Crippen LogP contribution in [0.25, 0.3) is 0 Å². The molecule has 1 amide bonds. The molecule has 0 radical (unpaired) electrons. The third-order valence-electron chi connectivity index (χ3n) is 4.78. The molecule has 0 saturated heterocycles. The van der Waals surface area contributed by atoms with Gasteiger partial charge in [-0.05, 0) is 37.2 Å². The number of carbonyl (C=O) groups excluding carboxylic acids is 1. The Kier molecular flexibility index (Phi) is 8.60. The van der Waals surface area contributed by atoms with E-state index in [1.807, 2.05) is 0 Å². The zero-order chi connectivity index (χ0) is 17.3. The predicted molar refractivity (Wildman–Crippen MR) is 99.0 cm³/mol. The van der Waals surface area contributed by atoms with E-state index in [9.17, 15) is 4.79 Å². The first-order valence-corrected chi connectivity index (χ1v) is 9.46. The number of rotatable bonds is 11. The molecule has 1 unspecified atom stereocenters. The van der Waals surface area contributed by atoms with Crippen LogP contribution in [-0.4, -0.2) is 23.0 Å². The van der Waals surface area contributed by atoms with E-state index in [-0.39, 0.29) is 11.4 Å². The van der Waals surface area contributed by atoms with Gasteiger partial charge in [0.1, 0.15) is 0 Å². The SMILES string of the molecule is CCCC(=O)NN(CCCCC(C)C)C1(CC)C=CC=C1CC. The van der Waals surface area contributed by atoms with Crippen molar-refractivity contribution in [3.8, 4) is 0 Å². The molecule has 3 nitrogen and oxygen atoms in total. The highest BCUT2D eigenvalue weighted by Gasteiger charge is 2.38. The van der Waals surface area contributed by atoms with E-state index in [0.29, 0.717) is 6.42 Å². The topological polar surface area (TPSA) is 32.3 Å². The number of carbonyl (C=O) groups is 1. The minimum Gasteiger partial charge on any atom is -0.288 e. The molecule has 1 atom stereocenters. The number of hydrogen-bond acceptors (Lipinski definition) is 2. The zero-order valence-corrected chi connectivity index (χ0v) is 15.8. The number of allylic oxidation sites excluding steroid dienone is 2. The van der Waals surface area contributed by atoms with Crippen molar-refractivity contribution in [3.63, 3.8) is 0 Å². The Bertz CT molecular complexity index is 425. The summed E-state index contributed by atoms with van der Waals surface area (Å²) in [5.74, 6) is 0.885. The van der Waals surface area contributed by atoms with E-state index < -0.39 is 0 Å². The lowest BCUT2D eigenvalue weighted by molar-refractivity contribution is -0.128. The normalized spacial score (nSPS) is 20.4. The van der Waals surface area contributed by atoms with Crippen molar-refractivity contribution in [1.29, 1.82) is 0 Å². The summed E-state index contributed by atoms with van der Waals surface area (Å²) < 4.78 is 0. The third kappa shape index (κ3) is 5.49. The fourth-order valence-corrected chi connectivity index (χ4v) is 3.41. The molecule has 0 fully saturated rings. The van der Waals surface area contributed by atoms with Crippen LogP contribution in [0.15, 0.2) is 23.8 Å². The van der Waals surface area contributed by atoms with Gasteiger partial charge in [-0.2, -0.15) is 0 Å². The molecule has 0 aliphatic heterocycles. The second kappa shape index (κ2) is 9.92. The predicted octanol–water partition coefficient (Wildman–Crippen LogP) is 5.00. The molecular weight excluding hydrogens is 284 g/mol. The second-order valence-electron chi connectivity index (χ2n) is 7.01. The van der Waals surface area contributed by atoms with Gasteiger partial charge in [0.25, 0.3) is 0 Å². The van der Waals surface area contributed by atoms with E-state index in [1.54, 1.807) is 0 Å². The van der Waals surface area contributed by atoms with Gasteiger partial charge in [0.15, 0.2) is 0 Å². The van der Waals surface area contributed by atoms with Crippen molar-refractivity contribution >= 4 is 5.91 Å². The lowest BCUT2D eigenvalue weighted by Crippen LogP contribution is -2.56. The van der Waals surface area contributed by atoms with Crippen LogP contribution in [0.3, 0.4) is 0 Å². The second-order valence-corrected chi connectivity index (χ2v) is 7.01. The maximum atomic E-state index is 12.2. The van der Waals surface area contributed by atoms with E-state index >= 15 is 0 Å². The average molecular weight is 321 g/mol. The van der Waals surface area contributed by atoms with Gasteiger partial charge >= 0.3 is 0 Å². The summed E-state index contributed by atoms with van der Waals surface area (Å²) in [5.41, 5.74) is 4.48. The molecule has 1 N–H and O–H groups in total. The van der Waals surface area contributed by atoms with Crippen LogP contribution in [-0.2, 0) is 4.79 Å². The molecule has 3 heteroatoms. The van der Waals surface area contributed by atoms with Gasteiger partial charge in [-0.1, -0.05) is 65.7 Å². The Labute approximate surface area is 143 Å². The van der Waals surface area contributed by atoms with Gasteiger partial charge in [0, 0.05) is 13.0 Å². The molecule has 0 bridgehead atoms. The molecular formula is C20H36N2O. The molecule has 23 heavy (non-hydrogen) atoms. The Morgan fingerprint density at radius 1 is 1.26 bits per heavy atom. The summed E-state index contributed by atoms with van der Waals surface area (Å²) >= 11 is 0. The number of unbranched alkanes of at least 4 members (excludes halogenated alkanes) is 1. The molecule has 1 rings (SSSR count). The average Bonchev–Trinajstić information content (AvgIpc) is 2.94. The van der Waals surface area contributed by atoms with Crippen molar-refractivity contribution in [2.75, 3.05) is 6.54 Å². The minimum absolute atomic E-state index is 0.129. The van der Waals surface area contributed by atoms with Crippen LogP contribution in [0.4, 0.5) is 0 Å². The molecule has 0 spiro atoms. The van der Waals surface area contributed by atoms with Crippen molar-refractivity contribution in [1.82, 2.24) is 10.4 Å². The standard InChI is InChI=1S/C20H36N2O/c1-6-12-19(23)21-22(16-10-9-13-17(4)5)20(8-3)15-11-14-18(20)7-2/h11,14-15,17H,6-10,12-13,16H2,1-5H3,(H,21,23). The minimum atomic E-state index is -0.129. The van der Waals surface area contributed by atoms with Crippen LogP contribution in [0, 0.1) is 5.92 Å². The fourth-order valence-electron chi connectivity index (χ4n) is 3.41. The van der Waals surface area contributed by atoms with E-state index in [2.05, 4.69) is 63.3 Å². The van der Waals surface area contributed by atoms with Crippen molar-refractivity contribution in [2.45, 2.75) is 85.1 Å². The first-order valence-electron chi connectivity index (χ1n) is 9.46. The Balaban J connectivity index is 2.82. The van der Waals surface area contributed by atoms with Crippen LogP contribution in [0.5, 0.6) is 0 Å². The van der Waals surface area contributed by atoms with Crippen molar-refractivity contribution in [3.05, 3.63) is 23.8 Å². The molecule has 0 aromatic heterocycles. The first-order chi connectivity index (χ1) is 11.0. The van der Waals surface area contributed by atoms with Crippen LogP contribution < -0.4 is 5.43 Å². The summed E-state index contributed by atoms with van der Waals surface area (Å²) in [4.78, 5) is 12.2. The molecule has 0 saturated carbocycles. The Morgan fingerprint density at radius 3 is 2.57 bits per heavy atom. The monoisotopic (exact) mass is 320 g/mol. The Morgan fingerprint density at radius 2 is 2.00 bits per heavy atom. The lowest BCUT2D eigenvalue weighted by atomic mass is 9.87. The van der Waals surface area contributed by atoms with Gasteiger partial charge in [-0.15, -0.1) is 0 Å². The third-order valence-corrected chi connectivity index (χ3v) is 4.78. The lowest BCUT2D eigenvalue weighted by Gasteiger charge is -2.42. The molecule has 1 aliphatic rings. The summed E-state index contributed by atoms with van der Waals surface area (Å²) in [7, 11) is 0. The van der Waals surface area contributed by atoms with Gasteiger partial charge in [0.2, 0.25) is 5.91 Å². The highest BCUT2D eigenvalue weighted by Crippen LogP contribution is 2.35. The molecule has 0 aromatic rings. The number of hydrazine groups is 1.